The van der Waals surface area contributed by atoms with Crippen molar-refractivity contribution in [3.8, 4) is 0 Å². The van der Waals surface area contributed by atoms with E-state index in [4.69, 9.17) is 14.3 Å². The molecule has 20 heavy (non-hydrogen) atoms. The number of thioether (sulfide) groups is 1. The lowest BCUT2D eigenvalue weighted by molar-refractivity contribution is 0.0524. The second-order valence-electron chi connectivity index (χ2n) is 4.02. The molecule has 0 fully saturated rings. The molecule has 0 unspecified atom stereocenters. The minimum atomic E-state index is -0.382. The Hall–Kier alpha value is -1.73. The minimum absolute atomic E-state index is 0.0567. The van der Waals surface area contributed by atoms with E-state index in [1.165, 1.54) is 18.0 Å². The van der Waals surface area contributed by atoms with Gasteiger partial charge in [0.05, 0.1) is 37.1 Å². The van der Waals surface area contributed by atoms with Gasteiger partial charge in [-0.2, -0.15) is 0 Å². The third kappa shape index (κ3) is 3.05. The molecule has 0 aliphatic rings. The molecule has 0 atom stereocenters. The molecule has 0 amide bonds. The maximum absolute atomic E-state index is 11.7. The van der Waals surface area contributed by atoms with Crippen LogP contribution in [0.2, 0.25) is 0 Å². The van der Waals surface area contributed by atoms with Crippen molar-refractivity contribution in [2.24, 2.45) is 7.05 Å². The van der Waals surface area contributed by atoms with E-state index in [0.717, 1.165) is 10.9 Å². The third-order valence-electron chi connectivity index (χ3n) is 2.78. The summed E-state index contributed by atoms with van der Waals surface area (Å²) in [5, 5.41) is 9.86. The molecule has 1 N–H and O–H groups in total. The van der Waals surface area contributed by atoms with Crippen molar-refractivity contribution >= 4 is 17.7 Å². The number of imidazole rings is 1. The van der Waals surface area contributed by atoms with Gasteiger partial charge in [0.25, 0.3) is 0 Å². The Labute approximate surface area is 120 Å². The lowest BCUT2D eigenvalue weighted by Crippen LogP contribution is -2.05. The maximum Gasteiger partial charge on any atom is 0.341 e. The first-order chi connectivity index (χ1) is 9.67. The standard InChI is InChI=1S/C13H16N2O4S/c1-3-18-12(17)10-4-5-19-11(10)8-20-13-14-6-9(7-16)15(13)2/h4-6,16H,3,7-8H2,1-2H3. The monoisotopic (exact) mass is 296 g/mol. The summed E-state index contributed by atoms with van der Waals surface area (Å²) in [4.78, 5) is 15.9. The molecule has 0 spiro atoms. The van der Waals surface area contributed by atoms with Crippen LogP contribution in [0.15, 0.2) is 28.1 Å². The number of esters is 1. The molecule has 0 aliphatic carbocycles. The number of hydrogen-bond acceptors (Lipinski definition) is 6. The van der Waals surface area contributed by atoms with E-state index in [9.17, 15) is 4.79 Å². The number of carbonyl (C=O) groups is 1. The molecule has 0 radical (unpaired) electrons. The van der Waals surface area contributed by atoms with Crippen LogP contribution in [-0.2, 0) is 24.1 Å². The van der Waals surface area contributed by atoms with Crippen molar-refractivity contribution in [1.29, 1.82) is 0 Å². The predicted molar refractivity (Wildman–Crippen MR) is 73.4 cm³/mol. The summed E-state index contributed by atoms with van der Waals surface area (Å²) in [7, 11) is 1.83. The van der Waals surface area contributed by atoms with Gasteiger partial charge in [0.1, 0.15) is 11.3 Å². The first-order valence-corrected chi connectivity index (χ1v) is 7.13. The van der Waals surface area contributed by atoms with Crippen molar-refractivity contribution in [3.63, 3.8) is 0 Å². The van der Waals surface area contributed by atoms with Crippen LogP contribution in [0.5, 0.6) is 0 Å². The highest BCUT2D eigenvalue weighted by atomic mass is 32.2. The van der Waals surface area contributed by atoms with Crippen LogP contribution in [0.3, 0.4) is 0 Å². The van der Waals surface area contributed by atoms with E-state index in [-0.39, 0.29) is 12.6 Å². The zero-order valence-electron chi connectivity index (χ0n) is 11.3. The highest BCUT2D eigenvalue weighted by Gasteiger charge is 2.17. The average molecular weight is 296 g/mol. The summed E-state index contributed by atoms with van der Waals surface area (Å²) in [5.41, 5.74) is 1.17. The number of carbonyl (C=O) groups excluding carboxylic acids is 1. The molecule has 0 aliphatic heterocycles. The molecule has 0 bridgehead atoms. The van der Waals surface area contributed by atoms with E-state index in [1.807, 2.05) is 7.05 Å². The number of rotatable bonds is 6. The average Bonchev–Trinajstić information content (AvgIpc) is 3.03. The van der Waals surface area contributed by atoms with Gasteiger partial charge in [-0.25, -0.2) is 9.78 Å². The third-order valence-corrected chi connectivity index (χ3v) is 3.82. The Kier molecular flexibility index (Phi) is 4.86. The number of aliphatic hydroxyl groups is 1. The van der Waals surface area contributed by atoms with Gasteiger partial charge in [-0.1, -0.05) is 11.8 Å². The molecule has 2 rings (SSSR count). The van der Waals surface area contributed by atoms with E-state index in [2.05, 4.69) is 4.98 Å². The highest BCUT2D eigenvalue weighted by Crippen LogP contribution is 2.25. The van der Waals surface area contributed by atoms with Crippen LogP contribution in [0.4, 0.5) is 0 Å². The van der Waals surface area contributed by atoms with E-state index < -0.39 is 0 Å². The number of hydrogen-bond donors (Lipinski definition) is 1. The van der Waals surface area contributed by atoms with Gasteiger partial charge in [0.2, 0.25) is 0 Å². The molecule has 2 aromatic heterocycles. The van der Waals surface area contributed by atoms with Crippen molar-refractivity contribution in [1.82, 2.24) is 9.55 Å². The molecule has 0 saturated heterocycles. The van der Waals surface area contributed by atoms with Gasteiger partial charge in [-0.05, 0) is 13.0 Å². The van der Waals surface area contributed by atoms with Crippen molar-refractivity contribution in [2.45, 2.75) is 24.4 Å². The van der Waals surface area contributed by atoms with Crippen molar-refractivity contribution in [3.05, 3.63) is 35.5 Å². The molecule has 108 valence electrons. The maximum atomic E-state index is 11.7. The first kappa shape index (κ1) is 14.7. The summed E-state index contributed by atoms with van der Waals surface area (Å²) in [6, 6.07) is 1.60. The molecule has 0 aromatic carbocycles. The zero-order chi connectivity index (χ0) is 14.5. The number of ether oxygens (including phenoxy) is 1. The van der Waals surface area contributed by atoms with Crippen molar-refractivity contribution in [2.75, 3.05) is 6.61 Å². The SMILES string of the molecule is CCOC(=O)c1ccoc1CSc1ncc(CO)n1C. The van der Waals surface area contributed by atoms with Gasteiger partial charge in [0.15, 0.2) is 5.16 Å². The molecule has 0 saturated carbocycles. The molecular formula is C13H16N2O4S. The Balaban J connectivity index is 2.06. The van der Waals surface area contributed by atoms with Gasteiger partial charge in [0, 0.05) is 7.05 Å². The highest BCUT2D eigenvalue weighted by molar-refractivity contribution is 7.98. The van der Waals surface area contributed by atoms with Crippen LogP contribution in [0.1, 0.15) is 28.7 Å². The lowest BCUT2D eigenvalue weighted by atomic mass is 10.3. The lowest BCUT2D eigenvalue weighted by Gasteiger charge is -2.04. The van der Waals surface area contributed by atoms with Crippen LogP contribution in [0.25, 0.3) is 0 Å². The van der Waals surface area contributed by atoms with Gasteiger partial charge in [-0.15, -0.1) is 0 Å². The quantitative estimate of drug-likeness (QED) is 0.648. The molecule has 6 nitrogen and oxygen atoms in total. The fourth-order valence-corrected chi connectivity index (χ4v) is 2.60. The summed E-state index contributed by atoms with van der Waals surface area (Å²) >= 11 is 1.43. The molecule has 2 heterocycles. The van der Waals surface area contributed by atoms with Crippen LogP contribution in [-0.4, -0.2) is 27.2 Å². The normalized spacial score (nSPS) is 10.8. The summed E-state index contributed by atoms with van der Waals surface area (Å²) in [6.07, 6.45) is 3.09. The predicted octanol–water partition coefficient (Wildman–Crippen LogP) is 1.97. The molecule has 2 aromatic rings. The Morgan fingerprint density at radius 3 is 3.05 bits per heavy atom. The smallest absolute Gasteiger partial charge is 0.341 e. The van der Waals surface area contributed by atoms with Crippen LogP contribution in [0, 0.1) is 0 Å². The largest absolute Gasteiger partial charge is 0.468 e. The second kappa shape index (κ2) is 6.62. The van der Waals surface area contributed by atoms with E-state index >= 15 is 0 Å². The fraction of sp³-hybridized carbons (Fsp3) is 0.385. The molecular weight excluding hydrogens is 280 g/mol. The van der Waals surface area contributed by atoms with E-state index in [0.29, 0.717) is 23.7 Å². The fourth-order valence-electron chi connectivity index (χ4n) is 1.68. The van der Waals surface area contributed by atoms with Gasteiger partial charge >= 0.3 is 5.97 Å². The van der Waals surface area contributed by atoms with E-state index in [1.54, 1.807) is 23.8 Å². The van der Waals surface area contributed by atoms with Gasteiger partial charge in [-0.3, -0.25) is 0 Å². The van der Waals surface area contributed by atoms with Crippen LogP contribution >= 0.6 is 11.8 Å². The minimum Gasteiger partial charge on any atom is -0.468 e. The Morgan fingerprint density at radius 1 is 1.60 bits per heavy atom. The molecule has 7 heteroatoms. The topological polar surface area (TPSA) is 77.5 Å². The number of aromatic nitrogens is 2. The van der Waals surface area contributed by atoms with Crippen LogP contribution < -0.4 is 0 Å². The number of nitrogens with zero attached hydrogens (tertiary/aromatic N) is 2. The Bertz CT molecular complexity index is 591. The second-order valence-corrected chi connectivity index (χ2v) is 4.96. The Morgan fingerprint density at radius 2 is 2.40 bits per heavy atom. The van der Waals surface area contributed by atoms with Crippen molar-refractivity contribution < 1.29 is 19.1 Å². The number of furan rings is 1. The summed E-state index contributed by atoms with van der Waals surface area (Å²) in [6.45, 7) is 2.03. The first-order valence-electron chi connectivity index (χ1n) is 6.15. The number of aliphatic hydroxyl groups excluding tert-OH is 1. The summed E-state index contributed by atoms with van der Waals surface area (Å²) < 4.78 is 12.1. The van der Waals surface area contributed by atoms with Gasteiger partial charge < -0.3 is 18.8 Å². The summed E-state index contributed by atoms with van der Waals surface area (Å²) in [5.74, 6) is 0.645. The zero-order valence-corrected chi connectivity index (χ0v) is 12.1.